The molecule has 0 aliphatic heterocycles. The quantitative estimate of drug-likeness (QED) is 0.871. The number of rotatable bonds is 4. The number of benzene rings is 2. The summed E-state index contributed by atoms with van der Waals surface area (Å²) >= 11 is 6.01. The van der Waals surface area contributed by atoms with Gasteiger partial charge in [0, 0.05) is 16.3 Å². The van der Waals surface area contributed by atoms with Crippen molar-refractivity contribution in [2.45, 2.75) is 13.3 Å². The Morgan fingerprint density at radius 2 is 1.85 bits per heavy atom. The number of amides is 1. The average Bonchev–Trinajstić information content (AvgIpc) is 2.41. The summed E-state index contributed by atoms with van der Waals surface area (Å²) in [6.45, 7) is 1.49. The fourth-order valence-corrected chi connectivity index (χ4v) is 2.04. The minimum Gasteiger partial charge on any atom is -0.326 e. The van der Waals surface area contributed by atoms with Gasteiger partial charge in [0.2, 0.25) is 5.91 Å². The van der Waals surface area contributed by atoms with E-state index in [9.17, 15) is 9.59 Å². The molecule has 2 rings (SSSR count). The molecule has 0 aromatic heterocycles. The highest BCUT2D eigenvalue weighted by molar-refractivity contribution is 6.31. The fourth-order valence-electron chi connectivity index (χ4n) is 1.84. The lowest BCUT2D eigenvalue weighted by atomic mass is 10.1. The lowest BCUT2D eigenvalue weighted by molar-refractivity contribution is -0.115. The van der Waals surface area contributed by atoms with Crippen molar-refractivity contribution in [2.24, 2.45) is 0 Å². The summed E-state index contributed by atoms with van der Waals surface area (Å²) < 4.78 is 0. The van der Waals surface area contributed by atoms with Crippen LogP contribution in [0.3, 0.4) is 0 Å². The second-order valence-corrected chi connectivity index (χ2v) is 4.86. The number of halogens is 1. The number of ketones is 1. The monoisotopic (exact) mass is 287 g/mol. The molecule has 20 heavy (non-hydrogen) atoms. The van der Waals surface area contributed by atoms with Crippen LogP contribution in [0.5, 0.6) is 0 Å². The number of Topliss-reactive ketones (excluding diaryl/α,β-unsaturated/α-hetero) is 1. The lowest BCUT2D eigenvalue weighted by Gasteiger charge is -2.07. The first-order valence-electron chi connectivity index (χ1n) is 6.20. The zero-order valence-corrected chi connectivity index (χ0v) is 11.8. The number of anilines is 1. The van der Waals surface area contributed by atoms with Crippen LogP contribution < -0.4 is 5.32 Å². The Hall–Kier alpha value is -2.13. The molecule has 102 valence electrons. The van der Waals surface area contributed by atoms with Gasteiger partial charge in [0.25, 0.3) is 0 Å². The predicted molar refractivity (Wildman–Crippen MR) is 80.2 cm³/mol. The second kappa shape index (κ2) is 6.35. The van der Waals surface area contributed by atoms with Crippen LogP contribution in [0.2, 0.25) is 5.02 Å². The van der Waals surface area contributed by atoms with E-state index in [1.54, 1.807) is 30.3 Å². The lowest BCUT2D eigenvalue weighted by Crippen LogP contribution is -2.14. The second-order valence-electron chi connectivity index (χ2n) is 4.45. The molecule has 0 aliphatic rings. The van der Waals surface area contributed by atoms with E-state index in [-0.39, 0.29) is 18.1 Å². The van der Waals surface area contributed by atoms with Gasteiger partial charge in [0.05, 0.1) is 6.42 Å². The molecule has 0 saturated heterocycles. The van der Waals surface area contributed by atoms with E-state index in [1.807, 2.05) is 18.2 Å². The minimum absolute atomic E-state index is 0.0350. The highest BCUT2D eigenvalue weighted by Gasteiger charge is 2.08. The first kappa shape index (κ1) is 14.3. The third-order valence-corrected chi connectivity index (χ3v) is 3.23. The molecule has 0 atom stereocenters. The molecular formula is C16H14ClNO2. The largest absolute Gasteiger partial charge is 0.326 e. The molecule has 0 unspecified atom stereocenters. The van der Waals surface area contributed by atoms with E-state index in [1.165, 1.54) is 6.92 Å². The number of carbonyl (C=O) groups excluding carboxylic acids is 2. The molecule has 0 saturated carbocycles. The van der Waals surface area contributed by atoms with Gasteiger partial charge in [-0.1, -0.05) is 41.9 Å². The number of hydrogen-bond donors (Lipinski definition) is 1. The Morgan fingerprint density at radius 1 is 1.10 bits per heavy atom. The Kier molecular flexibility index (Phi) is 4.53. The summed E-state index contributed by atoms with van der Waals surface area (Å²) in [6.07, 6.45) is 0.198. The molecular weight excluding hydrogens is 274 g/mol. The highest BCUT2D eigenvalue weighted by Crippen LogP contribution is 2.17. The Bertz CT molecular complexity index is 652. The van der Waals surface area contributed by atoms with Gasteiger partial charge >= 0.3 is 0 Å². The zero-order chi connectivity index (χ0) is 14.5. The first-order valence-corrected chi connectivity index (χ1v) is 6.58. The van der Waals surface area contributed by atoms with E-state index in [2.05, 4.69) is 5.32 Å². The molecule has 2 aromatic rings. The molecule has 1 N–H and O–H groups in total. The minimum atomic E-state index is -0.168. The van der Waals surface area contributed by atoms with Gasteiger partial charge in [-0.05, 0) is 30.7 Å². The van der Waals surface area contributed by atoms with E-state index in [0.29, 0.717) is 16.3 Å². The molecule has 0 radical (unpaired) electrons. The van der Waals surface area contributed by atoms with E-state index >= 15 is 0 Å². The summed E-state index contributed by atoms with van der Waals surface area (Å²) in [6, 6.07) is 14.1. The summed E-state index contributed by atoms with van der Waals surface area (Å²) in [5, 5.41) is 3.33. The fraction of sp³-hybridized carbons (Fsp3) is 0.125. The van der Waals surface area contributed by atoms with Gasteiger partial charge < -0.3 is 5.32 Å². The van der Waals surface area contributed by atoms with Crippen LogP contribution in [-0.4, -0.2) is 11.7 Å². The van der Waals surface area contributed by atoms with Gasteiger partial charge in [-0.25, -0.2) is 0 Å². The van der Waals surface area contributed by atoms with Crippen molar-refractivity contribution in [3.8, 4) is 0 Å². The van der Waals surface area contributed by atoms with Crippen LogP contribution in [0.25, 0.3) is 0 Å². The normalized spacial score (nSPS) is 10.1. The third kappa shape index (κ3) is 3.68. The first-order chi connectivity index (χ1) is 9.56. The number of hydrogen-bond acceptors (Lipinski definition) is 2. The van der Waals surface area contributed by atoms with E-state index < -0.39 is 0 Å². The summed E-state index contributed by atoms with van der Waals surface area (Å²) in [5.41, 5.74) is 1.95. The number of nitrogens with one attached hydrogen (secondary N) is 1. The standard InChI is InChI=1S/C16H14ClNO2/c1-11(19)12-6-4-7-14(9-12)18-16(20)10-13-5-2-3-8-15(13)17/h2-9H,10H2,1H3,(H,18,20). The molecule has 0 aliphatic carbocycles. The van der Waals surface area contributed by atoms with Gasteiger partial charge in [-0.2, -0.15) is 0 Å². The van der Waals surface area contributed by atoms with E-state index in [0.717, 1.165) is 5.56 Å². The van der Waals surface area contributed by atoms with Crippen molar-refractivity contribution >= 4 is 29.0 Å². The van der Waals surface area contributed by atoms with Crippen LogP contribution >= 0.6 is 11.6 Å². The maximum atomic E-state index is 12.0. The molecule has 0 bridgehead atoms. The van der Waals surface area contributed by atoms with Crippen molar-refractivity contribution in [2.75, 3.05) is 5.32 Å². The molecule has 1 amide bonds. The third-order valence-electron chi connectivity index (χ3n) is 2.86. The highest BCUT2D eigenvalue weighted by atomic mass is 35.5. The molecule has 3 nitrogen and oxygen atoms in total. The molecule has 2 aromatic carbocycles. The summed E-state index contributed by atoms with van der Waals surface area (Å²) in [4.78, 5) is 23.2. The maximum Gasteiger partial charge on any atom is 0.228 e. The molecule has 0 heterocycles. The average molecular weight is 288 g/mol. The van der Waals surface area contributed by atoms with Crippen LogP contribution in [0, 0.1) is 0 Å². The predicted octanol–water partition coefficient (Wildman–Crippen LogP) is 3.72. The molecule has 0 fully saturated rings. The Morgan fingerprint density at radius 3 is 2.55 bits per heavy atom. The smallest absolute Gasteiger partial charge is 0.228 e. The van der Waals surface area contributed by atoms with Gasteiger partial charge in [0.15, 0.2) is 5.78 Å². The van der Waals surface area contributed by atoms with Crippen LogP contribution in [0.15, 0.2) is 48.5 Å². The summed E-state index contributed by atoms with van der Waals surface area (Å²) in [7, 11) is 0. The van der Waals surface area contributed by atoms with Crippen molar-refractivity contribution in [3.05, 3.63) is 64.7 Å². The zero-order valence-electron chi connectivity index (χ0n) is 11.0. The Labute approximate surface area is 122 Å². The topological polar surface area (TPSA) is 46.2 Å². The summed E-state index contributed by atoms with van der Waals surface area (Å²) in [5.74, 6) is -0.203. The van der Waals surface area contributed by atoms with Crippen molar-refractivity contribution in [1.29, 1.82) is 0 Å². The maximum absolute atomic E-state index is 12.0. The van der Waals surface area contributed by atoms with Crippen LogP contribution in [0.4, 0.5) is 5.69 Å². The Balaban J connectivity index is 2.07. The number of carbonyl (C=O) groups is 2. The van der Waals surface area contributed by atoms with Crippen LogP contribution in [-0.2, 0) is 11.2 Å². The van der Waals surface area contributed by atoms with E-state index in [4.69, 9.17) is 11.6 Å². The SMILES string of the molecule is CC(=O)c1cccc(NC(=O)Cc2ccccc2Cl)c1. The molecule has 0 spiro atoms. The van der Waals surface area contributed by atoms with Gasteiger partial charge in [-0.3, -0.25) is 9.59 Å². The van der Waals surface area contributed by atoms with Crippen LogP contribution in [0.1, 0.15) is 22.8 Å². The van der Waals surface area contributed by atoms with Crippen molar-refractivity contribution < 1.29 is 9.59 Å². The van der Waals surface area contributed by atoms with Gasteiger partial charge in [-0.15, -0.1) is 0 Å². The van der Waals surface area contributed by atoms with Crippen molar-refractivity contribution in [3.63, 3.8) is 0 Å². The molecule has 4 heteroatoms. The van der Waals surface area contributed by atoms with Crippen molar-refractivity contribution in [1.82, 2.24) is 0 Å². The van der Waals surface area contributed by atoms with Gasteiger partial charge in [0.1, 0.15) is 0 Å².